The lowest BCUT2D eigenvalue weighted by Crippen LogP contribution is -2.26. The van der Waals surface area contributed by atoms with Crippen molar-refractivity contribution in [2.24, 2.45) is 0 Å². The Balaban J connectivity index is 2.00. The smallest absolute Gasteiger partial charge is 0.270 e. The number of nitrogens with zero attached hydrogens (tertiary/aromatic N) is 1. The zero-order chi connectivity index (χ0) is 14.5. The number of rotatable bonds is 5. The first-order chi connectivity index (χ1) is 9.60. The molecule has 106 valence electrons. The normalized spacial score (nSPS) is 10.3. The highest BCUT2D eigenvalue weighted by Gasteiger charge is 2.13. The summed E-state index contributed by atoms with van der Waals surface area (Å²) in [6, 6.07) is 9.36. The Morgan fingerprint density at radius 3 is 2.60 bits per heavy atom. The number of nitrogens with two attached hydrogens (primary N) is 1. The van der Waals surface area contributed by atoms with E-state index in [-0.39, 0.29) is 5.91 Å². The van der Waals surface area contributed by atoms with Gasteiger partial charge in [-0.25, -0.2) is 0 Å². The van der Waals surface area contributed by atoms with Gasteiger partial charge in [-0.2, -0.15) is 0 Å². The fourth-order valence-electron chi connectivity index (χ4n) is 1.94. The van der Waals surface area contributed by atoms with Gasteiger partial charge in [-0.3, -0.25) is 4.79 Å². The molecule has 0 aliphatic heterocycles. The van der Waals surface area contributed by atoms with Gasteiger partial charge in [-0.15, -0.1) is 0 Å². The SMILES string of the molecule is CCOc1ccc(CN(C)C(=O)c2cc(N)c[nH]2)cc1. The van der Waals surface area contributed by atoms with E-state index in [0.717, 1.165) is 11.3 Å². The van der Waals surface area contributed by atoms with Crippen LogP contribution in [-0.4, -0.2) is 29.4 Å². The number of carbonyl (C=O) groups excluding carboxylic acids is 1. The molecule has 2 rings (SSSR count). The van der Waals surface area contributed by atoms with Gasteiger partial charge in [0.1, 0.15) is 11.4 Å². The van der Waals surface area contributed by atoms with Crippen molar-refractivity contribution in [3.63, 3.8) is 0 Å². The fourth-order valence-corrected chi connectivity index (χ4v) is 1.94. The van der Waals surface area contributed by atoms with Crippen molar-refractivity contribution in [2.45, 2.75) is 13.5 Å². The summed E-state index contributed by atoms with van der Waals surface area (Å²) in [4.78, 5) is 16.6. The summed E-state index contributed by atoms with van der Waals surface area (Å²) in [5.41, 5.74) is 7.70. The minimum Gasteiger partial charge on any atom is -0.494 e. The van der Waals surface area contributed by atoms with E-state index in [2.05, 4.69) is 4.98 Å². The van der Waals surface area contributed by atoms with Crippen molar-refractivity contribution in [2.75, 3.05) is 19.4 Å². The van der Waals surface area contributed by atoms with Crippen LogP contribution in [0.3, 0.4) is 0 Å². The van der Waals surface area contributed by atoms with Crippen LogP contribution in [0.25, 0.3) is 0 Å². The van der Waals surface area contributed by atoms with E-state index in [1.54, 1.807) is 24.2 Å². The molecule has 1 aromatic carbocycles. The molecule has 0 bridgehead atoms. The van der Waals surface area contributed by atoms with Crippen molar-refractivity contribution < 1.29 is 9.53 Å². The van der Waals surface area contributed by atoms with Gasteiger partial charge in [-0.05, 0) is 30.7 Å². The van der Waals surface area contributed by atoms with Crippen LogP contribution in [0, 0.1) is 0 Å². The standard InChI is InChI=1S/C15H19N3O2/c1-3-20-13-6-4-11(5-7-13)10-18(2)15(19)14-8-12(16)9-17-14/h4-9,17H,3,10,16H2,1-2H3. The molecule has 5 nitrogen and oxygen atoms in total. The molecule has 5 heteroatoms. The van der Waals surface area contributed by atoms with E-state index < -0.39 is 0 Å². The lowest BCUT2D eigenvalue weighted by molar-refractivity contribution is 0.0780. The van der Waals surface area contributed by atoms with Gasteiger partial charge in [0.2, 0.25) is 0 Å². The Morgan fingerprint density at radius 2 is 2.05 bits per heavy atom. The van der Waals surface area contributed by atoms with E-state index >= 15 is 0 Å². The quantitative estimate of drug-likeness (QED) is 0.877. The minimum atomic E-state index is -0.0874. The van der Waals surface area contributed by atoms with Gasteiger partial charge in [0, 0.05) is 25.5 Å². The van der Waals surface area contributed by atoms with Crippen molar-refractivity contribution in [1.29, 1.82) is 0 Å². The third kappa shape index (κ3) is 3.32. The van der Waals surface area contributed by atoms with E-state index in [4.69, 9.17) is 10.5 Å². The van der Waals surface area contributed by atoms with Crippen LogP contribution >= 0.6 is 0 Å². The van der Waals surface area contributed by atoms with Gasteiger partial charge >= 0.3 is 0 Å². The zero-order valence-corrected chi connectivity index (χ0v) is 11.7. The third-order valence-corrected chi connectivity index (χ3v) is 2.94. The molecule has 3 N–H and O–H groups in total. The number of hydrogen-bond acceptors (Lipinski definition) is 3. The fraction of sp³-hybridized carbons (Fsp3) is 0.267. The number of carbonyl (C=O) groups is 1. The highest BCUT2D eigenvalue weighted by molar-refractivity contribution is 5.93. The highest BCUT2D eigenvalue weighted by atomic mass is 16.5. The van der Waals surface area contributed by atoms with Crippen LogP contribution in [0.2, 0.25) is 0 Å². The van der Waals surface area contributed by atoms with Crippen molar-refractivity contribution in [3.8, 4) is 5.75 Å². The van der Waals surface area contributed by atoms with Crippen molar-refractivity contribution in [1.82, 2.24) is 9.88 Å². The maximum atomic E-state index is 12.1. The summed E-state index contributed by atoms with van der Waals surface area (Å²) < 4.78 is 5.39. The van der Waals surface area contributed by atoms with Gasteiger partial charge in [0.05, 0.1) is 6.61 Å². The first kappa shape index (κ1) is 14.0. The maximum absolute atomic E-state index is 12.1. The van der Waals surface area contributed by atoms with Crippen LogP contribution in [0.1, 0.15) is 23.0 Å². The summed E-state index contributed by atoms with van der Waals surface area (Å²) >= 11 is 0. The molecule has 1 amide bonds. The monoisotopic (exact) mass is 273 g/mol. The molecule has 0 saturated carbocycles. The van der Waals surface area contributed by atoms with Gasteiger partial charge < -0.3 is 20.4 Å². The molecule has 0 spiro atoms. The molecule has 0 atom stereocenters. The van der Waals surface area contributed by atoms with Crippen LogP contribution in [0.5, 0.6) is 5.75 Å². The predicted molar refractivity (Wildman–Crippen MR) is 78.6 cm³/mol. The Kier molecular flexibility index (Phi) is 4.30. The van der Waals surface area contributed by atoms with E-state index in [0.29, 0.717) is 24.5 Å². The van der Waals surface area contributed by atoms with Crippen LogP contribution in [0.15, 0.2) is 36.5 Å². The first-order valence-electron chi connectivity index (χ1n) is 6.51. The molecular formula is C15H19N3O2. The lowest BCUT2D eigenvalue weighted by Gasteiger charge is -2.16. The summed E-state index contributed by atoms with van der Waals surface area (Å²) in [6.07, 6.45) is 1.61. The number of hydrogen-bond donors (Lipinski definition) is 2. The lowest BCUT2D eigenvalue weighted by atomic mass is 10.2. The van der Waals surface area contributed by atoms with Gasteiger partial charge in [0.25, 0.3) is 5.91 Å². The van der Waals surface area contributed by atoms with Gasteiger partial charge in [0.15, 0.2) is 0 Å². The second kappa shape index (κ2) is 6.14. The molecule has 0 fully saturated rings. The van der Waals surface area contributed by atoms with Crippen molar-refractivity contribution in [3.05, 3.63) is 47.8 Å². The number of aromatic nitrogens is 1. The largest absolute Gasteiger partial charge is 0.494 e. The third-order valence-electron chi connectivity index (χ3n) is 2.94. The average Bonchev–Trinajstić information content (AvgIpc) is 2.87. The summed E-state index contributed by atoms with van der Waals surface area (Å²) in [5.74, 6) is 0.748. The Morgan fingerprint density at radius 1 is 1.35 bits per heavy atom. The number of ether oxygens (including phenoxy) is 1. The Hall–Kier alpha value is -2.43. The van der Waals surface area contributed by atoms with Crippen LogP contribution in [-0.2, 0) is 6.54 Å². The van der Waals surface area contributed by atoms with E-state index in [9.17, 15) is 4.79 Å². The number of anilines is 1. The Bertz CT molecular complexity index is 575. The predicted octanol–water partition coefficient (Wildman–Crippen LogP) is 2.27. The minimum absolute atomic E-state index is 0.0874. The summed E-state index contributed by atoms with van der Waals surface area (Å²) in [7, 11) is 1.76. The van der Waals surface area contributed by atoms with E-state index in [1.165, 1.54) is 0 Å². The topological polar surface area (TPSA) is 71.3 Å². The molecule has 2 aromatic rings. The summed E-state index contributed by atoms with van der Waals surface area (Å²) in [5, 5.41) is 0. The number of aromatic amines is 1. The number of H-pyrrole nitrogens is 1. The van der Waals surface area contributed by atoms with Crippen LogP contribution < -0.4 is 10.5 Å². The molecule has 0 saturated heterocycles. The summed E-state index contributed by atoms with van der Waals surface area (Å²) in [6.45, 7) is 3.12. The molecule has 1 heterocycles. The molecule has 20 heavy (non-hydrogen) atoms. The molecule has 1 aromatic heterocycles. The number of amides is 1. The number of nitrogen functional groups attached to an aromatic ring is 1. The second-order valence-electron chi connectivity index (χ2n) is 4.58. The van der Waals surface area contributed by atoms with Gasteiger partial charge in [-0.1, -0.05) is 12.1 Å². The molecule has 0 aliphatic carbocycles. The first-order valence-corrected chi connectivity index (χ1v) is 6.51. The second-order valence-corrected chi connectivity index (χ2v) is 4.58. The average molecular weight is 273 g/mol. The zero-order valence-electron chi connectivity index (χ0n) is 11.7. The maximum Gasteiger partial charge on any atom is 0.270 e. The molecule has 0 radical (unpaired) electrons. The highest BCUT2D eigenvalue weighted by Crippen LogP contribution is 2.14. The molecule has 0 unspecified atom stereocenters. The Labute approximate surface area is 118 Å². The number of benzene rings is 1. The number of nitrogens with one attached hydrogen (secondary N) is 1. The van der Waals surface area contributed by atoms with E-state index in [1.807, 2.05) is 31.2 Å². The molecular weight excluding hydrogens is 254 g/mol. The van der Waals surface area contributed by atoms with Crippen molar-refractivity contribution >= 4 is 11.6 Å². The molecule has 0 aliphatic rings. The van der Waals surface area contributed by atoms with Crippen LogP contribution in [0.4, 0.5) is 5.69 Å².